The maximum absolute atomic E-state index is 12.5. The predicted molar refractivity (Wildman–Crippen MR) is 68.4 cm³/mol. The topological polar surface area (TPSA) is 102 Å². The van der Waals surface area contributed by atoms with E-state index in [1.807, 2.05) is 13.8 Å². The van der Waals surface area contributed by atoms with Crippen LogP contribution in [0.15, 0.2) is 0 Å². The fourth-order valence-corrected chi connectivity index (χ4v) is 3.29. The number of carbonyl (C=O) groups is 2. The summed E-state index contributed by atoms with van der Waals surface area (Å²) in [6, 6.07) is 0. The third-order valence-electron chi connectivity index (χ3n) is 4.79. The number of fused-ring (bicyclic) bond motifs is 1. The van der Waals surface area contributed by atoms with E-state index in [1.54, 1.807) is 0 Å². The van der Waals surface area contributed by atoms with Gasteiger partial charge in [0.15, 0.2) is 0 Å². The average molecular weight is 270 g/mol. The van der Waals surface area contributed by atoms with Gasteiger partial charge in [0.2, 0.25) is 5.91 Å². The predicted octanol–water partition coefficient (Wildman–Crippen LogP) is 0.108. The summed E-state index contributed by atoms with van der Waals surface area (Å²) in [6.45, 7) is 7.29. The van der Waals surface area contributed by atoms with Crippen LogP contribution in [0.1, 0.15) is 34.1 Å². The molecule has 2 fully saturated rings. The number of amides is 1. The second-order valence-corrected chi connectivity index (χ2v) is 6.66. The quantitative estimate of drug-likeness (QED) is 0.675. The van der Waals surface area contributed by atoms with Crippen molar-refractivity contribution in [3.63, 3.8) is 0 Å². The van der Waals surface area contributed by atoms with Gasteiger partial charge in [0, 0.05) is 17.9 Å². The minimum absolute atomic E-state index is 0.0174. The third-order valence-corrected chi connectivity index (χ3v) is 4.79. The van der Waals surface area contributed by atoms with Crippen molar-refractivity contribution in [2.45, 2.75) is 51.3 Å². The molecule has 0 aromatic heterocycles. The molecule has 1 heterocycles. The molecule has 6 nitrogen and oxygen atoms in total. The van der Waals surface area contributed by atoms with Gasteiger partial charge in [0.25, 0.3) is 0 Å². The third kappa shape index (κ3) is 1.70. The van der Waals surface area contributed by atoms with Crippen molar-refractivity contribution in [2.24, 2.45) is 17.1 Å². The summed E-state index contributed by atoms with van der Waals surface area (Å²) in [6.07, 6.45) is 0.724. The van der Waals surface area contributed by atoms with Crippen molar-refractivity contribution in [2.75, 3.05) is 6.61 Å². The van der Waals surface area contributed by atoms with Crippen LogP contribution in [0.3, 0.4) is 0 Å². The minimum Gasteiger partial charge on any atom is -0.480 e. The Bertz CT molecular complexity index is 432. The van der Waals surface area contributed by atoms with E-state index in [0.717, 1.165) is 6.42 Å². The number of aliphatic carboxylic acids is 1. The highest BCUT2D eigenvalue weighted by molar-refractivity contribution is 5.94. The molecule has 3 atom stereocenters. The molecule has 1 saturated heterocycles. The van der Waals surface area contributed by atoms with Crippen molar-refractivity contribution >= 4 is 11.9 Å². The van der Waals surface area contributed by atoms with E-state index in [1.165, 1.54) is 13.8 Å². The van der Waals surface area contributed by atoms with Crippen molar-refractivity contribution < 1.29 is 19.4 Å². The van der Waals surface area contributed by atoms with Crippen LogP contribution in [0.5, 0.6) is 0 Å². The Hall–Kier alpha value is -1.14. The van der Waals surface area contributed by atoms with Crippen molar-refractivity contribution in [1.82, 2.24) is 5.32 Å². The fourth-order valence-electron chi connectivity index (χ4n) is 3.29. The number of hydrogen-bond acceptors (Lipinski definition) is 4. The molecular formula is C13H22N2O4. The molecule has 1 aliphatic heterocycles. The lowest BCUT2D eigenvalue weighted by Crippen LogP contribution is -2.81. The largest absolute Gasteiger partial charge is 0.480 e. The fraction of sp³-hybridized carbons (Fsp3) is 0.846. The molecule has 0 aromatic carbocycles. The van der Waals surface area contributed by atoms with Crippen molar-refractivity contribution in [3.8, 4) is 0 Å². The highest BCUT2D eigenvalue weighted by Crippen LogP contribution is 2.58. The van der Waals surface area contributed by atoms with Crippen LogP contribution in [0.2, 0.25) is 0 Å². The number of carboxylic acid groups (broad SMARTS) is 1. The average Bonchev–Trinajstić information content (AvgIpc) is 2.74. The van der Waals surface area contributed by atoms with Crippen molar-refractivity contribution in [1.29, 1.82) is 0 Å². The second-order valence-electron chi connectivity index (χ2n) is 6.66. The van der Waals surface area contributed by atoms with Crippen LogP contribution >= 0.6 is 0 Å². The van der Waals surface area contributed by atoms with E-state index in [0.29, 0.717) is 6.61 Å². The van der Waals surface area contributed by atoms with E-state index < -0.39 is 28.4 Å². The standard InChI is InChI=1S/C13H22N2O4/c1-11(2)8-7(5-6-19-8)13(11,14)9(16)15-12(3,4)10(17)18/h7-8H,5-6,14H2,1-4H3,(H,15,16)(H,17,18). The summed E-state index contributed by atoms with van der Waals surface area (Å²) in [4.78, 5) is 23.6. The monoisotopic (exact) mass is 270 g/mol. The first kappa shape index (κ1) is 14.3. The molecule has 2 rings (SSSR count). The van der Waals surface area contributed by atoms with Gasteiger partial charge in [0.1, 0.15) is 11.1 Å². The summed E-state index contributed by atoms with van der Waals surface area (Å²) >= 11 is 0. The summed E-state index contributed by atoms with van der Waals surface area (Å²) in [5, 5.41) is 11.6. The van der Waals surface area contributed by atoms with Gasteiger partial charge < -0.3 is 20.9 Å². The zero-order valence-corrected chi connectivity index (χ0v) is 11.8. The molecule has 0 bridgehead atoms. The molecule has 2 aliphatic rings. The SMILES string of the molecule is CC(C)(NC(=O)C1(N)C2CCOC2C1(C)C)C(=O)O. The molecule has 1 amide bonds. The number of nitrogens with one attached hydrogen (secondary N) is 1. The second kappa shape index (κ2) is 3.93. The Morgan fingerprint density at radius 1 is 1.42 bits per heavy atom. The molecule has 0 spiro atoms. The Morgan fingerprint density at radius 2 is 2.00 bits per heavy atom. The molecule has 3 unspecified atom stereocenters. The van der Waals surface area contributed by atoms with E-state index in [2.05, 4.69) is 5.32 Å². The molecule has 4 N–H and O–H groups in total. The Labute approximate surface area is 112 Å². The first-order valence-electron chi connectivity index (χ1n) is 6.51. The van der Waals surface area contributed by atoms with Crippen LogP contribution in [-0.4, -0.2) is 40.8 Å². The van der Waals surface area contributed by atoms with Gasteiger partial charge in [-0.25, -0.2) is 4.79 Å². The van der Waals surface area contributed by atoms with Crippen LogP contribution in [0, 0.1) is 11.3 Å². The number of carboxylic acids is 1. The molecule has 0 radical (unpaired) electrons. The van der Waals surface area contributed by atoms with Gasteiger partial charge in [-0.05, 0) is 20.3 Å². The van der Waals surface area contributed by atoms with Crippen LogP contribution in [0.4, 0.5) is 0 Å². The van der Waals surface area contributed by atoms with Crippen LogP contribution in [0.25, 0.3) is 0 Å². The van der Waals surface area contributed by atoms with Gasteiger partial charge >= 0.3 is 5.97 Å². The maximum Gasteiger partial charge on any atom is 0.328 e. The van der Waals surface area contributed by atoms with Crippen LogP contribution in [-0.2, 0) is 14.3 Å². The molecule has 1 saturated carbocycles. The Kier molecular flexibility index (Phi) is 2.95. The van der Waals surface area contributed by atoms with Crippen molar-refractivity contribution in [3.05, 3.63) is 0 Å². The van der Waals surface area contributed by atoms with E-state index in [-0.39, 0.29) is 12.0 Å². The maximum atomic E-state index is 12.5. The zero-order valence-electron chi connectivity index (χ0n) is 11.8. The first-order chi connectivity index (χ1) is 8.55. The molecular weight excluding hydrogens is 248 g/mol. The highest BCUT2D eigenvalue weighted by atomic mass is 16.5. The Balaban J connectivity index is 2.21. The lowest BCUT2D eigenvalue weighted by molar-refractivity contribution is -0.178. The molecule has 19 heavy (non-hydrogen) atoms. The van der Waals surface area contributed by atoms with Gasteiger partial charge in [-0.2, -0.15) is 0 Å². The van der Waals surface area contributed by atoms with E-state index in [4.69, 9.17) is 15.6 Å². The summed E-state index contributed by atoms with van der Waals surface area (Å²) in [5.74, 6) is -1.52. The summed E-state index contributed by atoms with van der Waals surface area (Å²) in [5.41, 5.74) is 3.44. The zero-order chi connectivity index (χ0) is 14.6. The van der Waals surface area contributed by atoms with Gasteiger partial charge in [-0.15, -0.1) is 0 Å². The lowest BCUT2D eigenvalue weighted by Gasteiger charge is -2.61. The number of nitrogens with two attached hydrogens (primary N) is 1. The molecule has 6 heteroatoms. The minimum atomic E-state index is -1.33. The molecule has 1 aliphatic carbocycles. The van der Waals surface area contributed by atoms with Crippen LogP contribution < -0.4 is 11.1 Å². The van der Waals surface area contributed by atoms with Gasteiger partial charge in [-0.3, -0.25) is 4.79 Å². The molecule has 0 aromatic rings. The Morgan fingerprint density at radius 3 is 2.53 bits per heavy atom. The van der Waals surface area contributed by atoms with Gasteiger partial charge in [0.05, 0.1) is 6.10 Å². The summed E-state index contributed by atoms with van der Waals surface area (Å²) < 4.78 is 5.61. The number of rotatable bonds is 3. The lowest BCUT2D eigenvalue weighted by atomic mass is 9.48. The highest BCUT2D eigenvalue weighted by Gasteiger charge is 2.71. The molecule has 108 valence electrons. The van der Waals surface area contributed by atoms with E-state index >= 15 is 0 Å². The first-order valence-corrected chi connectivity index (χ1v) is 6.51. The summed E-state index contributed by atoms with van der Waals surface area (Å²) in [7, 11) is 0. The normalized spacial score (nSPS) is 36.3. The van der Waals surface area contributed by atoms with E-state index in [9.17, 15) is 9.59 Å². The number of carbonyl (C=O) groups excluding carboxylic acids is 1. The van der Waals surface area contributed by atoms with Gasteiger partial charge in [-0.1, -0.05) is 13.8 Å². The number of ether oxygens (including phenoxy) is 1. The smallest absolute Gasteiger partial charge is 0.328 e. The number of hydrogen-bond donors (Lipinski definition) is 3.